The fraction of sp³-hybridized carbons (Fsp3) is 0.538. The molecule has 1 aromatic rings. The van der Waals surface area contributed by atoms with Crippen molar-refractivity contribution < 1.29 is 4.79 Å². The number of hydrogen-bond donors (Lipinski definition) is 2. The Kier molecular flexibility index (Phi) is 6.98. The van der Waals surface area contributed by atoms with Crippen molar-refractivity contribution in [1.29, 1.82) is 0 Å². The van der Waals surface area contributed by atoms with Crippen molar-refractivity contribution in [1.82, 2.24) is 15.8 Å². The number of pyridine rings is 1. The lowest BCUT2D eigenvalue weighted by Gasteiger charge is -2.06. The molecule has 0 radical (unpaired) electrons. The van der Waals surface area contributed by atoms with Gasteiger partial charge in [-0.05, 0) is 18.6 Å². The second-order valence-corrected chi connectivity index (χ2v) is 4.04. The zero-order chi connectivity index (χ0) is 12.3. The predicted molar refractivity (Wildman–Crippen MR) is 68.5 cm³/mol. The molecule has 17 heavy (non-hydrogen) atoms. The molecule has 0 saturated carbocycles. The zero-order valence-electron chi connectivity index (χ0n) is 10.4. The first-order chi connectivity index (χ1) is 8.34. The molecule has 0 bridgehead atoms. The topological polar surface area (TPSA) is 54.0 Å². The summed E-state index contributed by atoms with van der Waals surface area (Å²) in [5.74, 6) is -0.133. The second-order valence-electron chi connectivity index (χ2n) is 4.04. The fourth-order valence-electron chi connectivity index (χ4n) is 1.53. The van der Waals surface area contributed by atoms with Crippen molar-refractivity contribution in [3.8, 4) is 0 Å². The summed E-state index contributed by atoms with van der Waals surface area (Å²) in [7, 11) is 0. The molecule has 0 aliphatic carbocycles. The first-order valence-corrected chi connectivity index (χ1v) is 6.28. The number of nitrogens with one attached hydrogen (secondary N) is 2. The van der Waals surface area contributed by atoms with Gasteiger partial charge in [-0.25, -0.2) is 5.43 Å². The van der Waals surface area contributed by atoms with Crippen molar-refractivity contribution in [2.75, 3.05) is 6.54 Å². The number of nitrogens with zero attached hydrogens (tertiary/aromatic N) is 1. The highest BCUT2D eigenvalue weighted by molar-refractivity contribution is 5.93. The van der Waals surface area contributed by atoms with Crippen molar-refractivity contribution in [3.63, 3.8) is 0 Å². The molecule has 1 heterocycles. The van der Waals surface area contributed by atoms with Gasteiger partial charge in [0.05, 0.1) is 5.56 Å². The van der Waals surface area contributed by atoms with E-state index in [0.717, 1.165) is 13.0 Å². The number of aromatic nitrogens is 1. The third kappa shape index (κ3) is 6.02. The molecule has 2 N–H and O–H groups in total. The Balaban J connectivity index is 2.05. The van der Waals surface area contributed by atoms with Gasteiger partial charge in [0.25, 0.3) is 5.91 Å². The summed E-state index contributed by atoms with van der Waals surface area (Å²) in [6, 6.07) is 3.49. The molecule has 0 atom stereocenters. The third-order valence-corrected chi connectivity index (χ3v) is 2.53. The predicted octanol–water partition coefficient (Wildman–Crippen LogP) is 2.29. The van der Waals surface area contributed by atoms with Gasteiger partial charge in [0.2, 0.25) is 0 Å². The Bertz CT molecular complexity index is 314. The lowest BCUT2D eigenvalue weighted by molar-refractivity contribution is 0.0932. The molecule has 0 aliphatic heterocycles. The number of hydrazine groups is 1. The van der Waals surface area contributed by atoms with Crippen molar-refractivity contribution in [2.45, 2.75) is 39.0 Å². The largest absolute Gasteiger partial charge is 0.287 e. The minimum atomic E-state index is -0.133. The average Bonchev–Trinajstić information content (AvgIpc) is 2.38. The number of unbranched alkanes of at least 4 members (excludes halogenated alkanes) is 4. The van der Waals surface area contributed by atoms with Crippen LogP contribution in [0.3, 0.4) is 0 Å². The lowest BCUT2D eigenvalue weighted by Crippen LogP contribution is -2.37. The molecule has 0 aromatic carbocycles. The Labute approximate surface area is 103 Å². The molecule has 4 heteroatoms. The van der Waals surface area contributed by atoms with Gasteiger partial charge in [-0.15, -0.1) is 0 Å². The summed E-state index contributed by atoms with van der Waals surface area (Å²) in [5.41, 5.74) is 6.17. The summed E-state index contributed by atoms with van der Waals surface area (Å²) >= 11 is 0. The van der Waals surface area contributed by atoms with E-state index in [1.807, 2.05) is 0 Å². The standard InChI is InChI=1S/C13H21N3O/c1-2-3-4-5-6-10-15-16-13(17)12-8-7-9-14-11-12/h7-9,11,15H,2-6,10H2,1H3,(H,16,17). The van der Waals surface area contributed by atoms with Crippen molar-refractivity contribution in [3.05, 3.63) is 30.1 Å². The van der Waals surface area contributed by atoms with Crippen LogP contribution in [0.15, 0.2) is 24.5 Å². The van der Waals surface area contributed by atoms with E-state index in [1.54, 1.807) is 24.5 Å². The Morgan fingerprint density at radius 2 is 2.12 bits per heavy atom. The third-order valence-electron chi connectivity index (χ3n) is 2.53. The van der Waals surface area contributed by atoms with E-state index in [9.17, 15) is 4.79 Å². The highest BCUT2D eigenvalue weighted by Gasteiger charge is 2.02. The Hall–Kier alpha value is -1.42. The minimum Gasteiger partial charge on any atom is -0.287 e. The normalized spacial score (nSPS) is 10.2. The molecule has 1 amide bonds. The minimum absolute atomic E-state index is 0.133. The van der Waals surface area contributed by atoms with E-state index >= 15 is 0 Å². The molecular formula is C13H21N3O. The van der Waals surface area contributed by atoms with E-state index in [-0.39, 0.29) is 5.91 Å². The monoisotopic (exact) mass is 235 g/mol. The van der Waals surface area contributed by atoms with E-state index < -0.39 is 0 Å². The van der Waals surface area contributed by atoms with Gasteiger partial charge in [-0.2, -0.15) is 0 Å². The molecule has 94 valence electrons. The van der Waals surface area contributed by atoms with E-state index in [0.29, 0.717) is 5.56 Å². The molecule has 0 aliphatic rings. The lowest BCUT2D eigenvalue weighted by atomic mass is 10.2. The number of hydrogen-bond acceptors (Lipinski definition) is 3. The van der Waals surface area contributed by atoms with Crippen molar-refractivity contribution >= 4 is 5.91 Å². The van der Waals surface area contributed by atoms with Gasteiger partial charge >= 0.3 is 0 Å². The molecule has 4 nitrogen and oxygen atoms in total. The van der Waals surface area contributed by atoms with Crippen LogP contribution in [0, 0.1) is 0 Å². The van der Waals surface area contributed by atoms with Gasteiger partial charge in [0.15, 0.2) is 0 Å². The number of carbonyl (C=O) groups is 1. The second kappa shape index (κ2) is 8.70. The maximum Gasteiger partial charge on any atom is 0.266 e. The van der Waals surface area contributed by atoms with E-state index in [4.69, 9.17) is 0 Å². The van der Waals surface area contributed by atoms with Crippen LogP contribution >= 0.6 is 0 Å². The van der Waals surface area contributed by atoms with Crippen LogP contribution in [0.25, 0.3) is 0 Å². The van der Waals surface area contributed by atoms with Gasteiger partial charge in [-0.1, -0.05) is 32.6 Å². The summed E-state index contributed by atoms with van der Waals surface area (Å²) in [4.78, 5) is 15.5. The molecule has 1 aromatic heterocycles. The van der Waals surface area contributed by atoms with Crippen molar-refractivity contribution in [2.24, 2.45) is 0 Å². The Morgan fingerprint density at radius 3 is 2.82 bits per heavy atom. The summed E-state index contributed by atoms with van der Waals surface area (Å²) in [6.07, 6.45) is 9.33. The van der Waals surface area contributed by atoms with Crippen LogP contribution in [0.2, 0.25) is 0 Å². The molecule has 0 fully saturated rings. The SMILES string of the molecule is CCCCCCCNNC(=O)c1cccnc1. The van der Waals surface area contributed by atoms with Gasteiger partial charge in [-0.3, -0.25) is 15.2 Å². The highest BCUT2D eigenvalue weighted by Crippen LogP contribution is 2.00. The van der Waals surface area contributed by atoms with Crippen LogP contribution in [0.5, 0.6) is 0 Å². The molecule has 0 unspecified atom stereocenters. The van der Waals surface area contributed by atoms with Gasteiger partial charge in [0.1, 0.15) is 0 Å². The first kappa shape index (κ1) is 13.6. The number of rotatable bonds is 8. The maximum absolute atomic E-state index is 11.6. The van der Waals surface area contributed by atoms with Crippen LogP contribution in [0.4, 0.5) is 0 Å². The van der Waals surface area contributed by atoms with Crippen LogP contribution < -0.4 is 10.9 Å². The highest BCUT2D eigenvalue weighted by atomic mass is 16.2. The van der Waals surface area contributed by atoms with E-state index in [1.165, 1.54) is 25.7 Å². The molecule has 0 saturated heterocycles. The quantitative estimate of drug-likeness (QED) is 0.537. The summed E-state index contributed by atoms with van der Waals surface area (Å²) in [6.45, 7) is 3.02. The number of carbonyl (C=O) groups excluding carboxylic acids is 1. The molecular weight excluding hydrogens is 214 g/mol. The van der Waals surface area contributed by atoms with Crippen LogP contribution in [-0.4, -0.2) is 17.4 Å². The molecule has 1 rings (SSSR count). The van der Waals surface area contributed by atoms with Crippen LogP contribution in [-0.2, 0) is 0 Å². The Morgan fingerprint density at radius 1 is 1.29 bits per heavy atom. The summed E-state index contributed by atoms with van der Waals surface area (Å²) < 4.78 is 0. The first-order valence-electron chi connectivity index (χ1n) is 6.28. The summed E-state index contributed by atoms with van der Waals surface area (Å²) in [5, 5.41) is 0. The van der Waals surface area contributed by atoms with Gasteiger partial charge < -0.3 is 0 Å². The fourth-order valence-corrected chi connectivity index (χ4v) is 1.53. The van der Waals surface area contributed by atoms with Gasteiger partial charge in [0, 0.05) is 18.9 Å². The van der Waals surface area contributed by atoms with Crippen LogP contribution in [0.1, 0.15) is 49.4 Å². The maximum atomic E-state index is 11.6. The van der Waals surface area contributed by atoms with E-state index in [2.05, 4.69) is 22.8 Å². The number of amides is 1. The average molecular weight is 235 g/mol. The zero-order valence-corrected chi connectivity index (χ0v) is 10.4. The molecule has 0 spiro atoms. The smallest absolute Gasteiger partial charge is 0.266 e.